The lowest BCUT2D eigenvalue weighted by Crippen LogP contribution is -2.25. The average molecular weight is 283 g/mol. The van der Waals surface area contributed by atoms with Crippen LogP contribution in [0.3, 0.4) is 0 Å². The Morgan fingerprint density at radius 1 is 1.26 bits per heavy atom. The van der Waals surface area contributed by atoms with Crippen LogP contribution < -0.4 is 4.72 Å². The van der Waals surface area contributed by atoms with E-state index in [0.717, 1.165) is 17.0 Å². The third-order valence-electron chi connectivity index (χ3n) is 3.15. The summed E-state index contributed by atoms with van der Waals surface area (Å²) in [7, 11) is -0.129. The number of aryl methyl sites for hydroxylation is 3. The zero-order valence-corrected chi connectivity index (χ0v) is 12.2. The van der Waals surface area contributed by atoms with Crippen LogP contribution in [0.5, 0.6) is 0 Å². The highest BCUT2D eigenvalue weighted by atomic mass is 32.2. The topological polar surface area (TPSA) is 81.8 Å². The van der Waals surface area contributed by atoms with Crippen molar-refractivity contribution in [2.45, 2.75) is 25.4 Å². The van der Waals surface area contributed by atoms with Gasteiger partial charge in [-0.05, 0) is 19.9 Å². The van der Waals surface area contributed by atoms with Gasteiger partial charge in [-0.25, -0.2) is 13.1 Å². The summed E-state index contributed by atoms with van der Waals surface area (Å²) in [5.41, 5.74) is 2.67. The van der Waals surface area contributed by atoms with Crippen molar-refractivity contribution in [1.82, 2.24) is 24.3 Å². The summed E-state index contributed by atoms with van der Waals surface area (Å²) >= 11 is 0. The van der Waals surface area contributed by atoms with Gasteiger partial charge in [0, 0.05) is 31.9 Å². The molecule has 0 bridgehead atoms. The van der Waals surface area contributed by atoms with E-state index >= 15 is 0 Å². The minimum Gasteiger partial charge on any atom is -0.272 e. The van der Waals surface area contributed by atoms with Crippen LogP contribution in [0.4, 0.5) is 0 Å². The van der Waals surface area contributed by atoms with E-state index in [1.165, 1.54) is 16.9 Å². The normalized spacial score (nSPS) is 12.0. The summed E-state index contributed by atoms with van der Waals surface area (Å²) in [5.74, 6) is 0. The van der Waals surface area contributed by atoms with Crippen molar-refractivity contribution < 1.29 is 8.42 Å². The first-order valence-electron chi connectivity index (χ1n) is 5.79. The fourth-order valence-corrected chi connectivity index (χ4v) is 3.06. The molecule has 2 aromatic heterocycles. The molecule has 0 fully saturated rings. The number of rotatable bonds is 4. The number of hydrogen-bond acceptors (Lipinski definition) is 4. The summed E-state index contributed by atoms with van der Waals surface area (Å²) < 4.78 is 29.9. The Morgan fingerprint density at radius 3 is 2.42 bits per heavy atom. The van der Waals surface area contributed by atoms with E-state index in [4.69, 9.17) is 0 Å². The number of aromatic nitrogens is 4. The first-order chi connectivity index (χ1) is 8.83. The molecule has 2 rings (SSSR count). The van der Waals surface area contributed by atoms with Crippen molar-refractivity contribution in [2.24, 2.45) is 14.1 Å². The van der Waals surface area contributed by atoms with Gasteiger partial charge < -0.3 is 0 Å². The predicted octanol–water partition coefficient (Wildman–Crippen LogP) is 0.249. The molecule has 0 radical (unpaired) electrons. The zero-order chi connectivity index (χ0) is 14.2. The third-order valence-corrected chi connectivity index (χ3v) is 4.62. The maximum Gasteiger partial charge on any atom is 0.258 e. The molecule has 0 saturated heterocycles. The maximum absolute atomic E-state index is 12.1. The molecule has 19 heavy (non-hydrogen) atoms. The van der Waals surface area contributed by atoms with Crippen LogP contribution in [0.1, 0.15) is 17.0 Å². The van der Waals surface area contributed by atoms with Crippen LogP contribution in [0.15, 0.2) is 17.3 Å². The van der Waals surface area contributed by atoms with Crippen molar-refractivity contribution >= 4 is 10.0 Å². The molecule has 2 aromatic rings. The van der Waals surface area contributed by atoms with Crippen molar-refractivity contribution in [3.63, 3.8) is 0 Å². The lowest BCUT2D eigenvalue weighted by molar-refractivity contribution is 0.562. The highest BCUT2D eigenvalue weighted by Gasteiger charge is 2.19. The molecule has 104 valence electrons. The summed E-state index contributed by atoms with van der Waals surface area (Å²) in [6.07, 6.45) is 1.45. The van der Waals surface area contributed by atoms with Gasteiger partial charge in [0.2, 0.25) is 0 Å². The third kappa shape index (κ3) is 2.54. The predicted molar refractivity (Wildman–Crippen MR) is 69.9 cm³/mol. The SMILES string of the molecule is Cc1nn(C)c(C)c1CNS(=O)(=O)c1ccnn1C. The summed E-state index contributed by atoms with van der Waals surface area (Å²) in [6.45, 7) is 3.99. The van der Waals surface area contributed by atoms with E-state index in [0.29, 0.717) is 0 Å². The Labute approximate surface area is 112 Å². The number of nitrogens with zero attached hydrogens (tertiary/aromatic N) is 4. The van der Waals surface area contributed by atoms with Crippen molar-refractivity contribution in [1.29, 1.82) is 0 Å². The Balaban J connectivity index is 2.21. The minimum absolute atomic E-state index is 0.145. The second-order valence-corrected chi connectivity index (χ2v) is 6.10. The van der Waals surface area contributed by atoms with Gasteiger partial charge in [-0.15, -0.1) is 0 Å². The molecule has 0 aliphatic carbocycles. The van der Waals surface area contributed by atoms with Crippen molar-refractivity contribution in [3.05, 3.63) is 29.2 Å². The highest BCUT2D eigenvalue weighted by Crippen LogP contribution is 2.13. The number of nitrogens with one attached hydrogen (secondary N) is 1. The quantitative estimate of drug-likeness (QED) is 0.872. The van der Waals surface area contributed by atoms with Crippen LogP contribution in [0.25, 0.3) is 0 Å². The Kier molecular flexibility index (Phi) is 3.46. The molecule has 0 atom stereocenters. The molecule has 1 N–H and O–H groups in total. The Hall–Kier alpha value is -1.67. The lowest BCUT2D eigenvalue weighted by Gasteiger charge is -2.07. The first kappa shape index (κ1) is 13.8. The molecule has 0 saturated carbocycles. The van der Waals surface area contributed by atoms with Gasteiger partial charge in [0.05, 0.1) is 11.9 Å². The van der Waals surface area contributed by atoms with E-state index in [9.17, 15) is 8.42 Å². The fraction of sp³-hybridized carbons (Fsp3) is 0.455. The van der Waals surface area contributed by atoms with E-state index in [1.807, 2.05) is 20.9 Å². The zero-order valence-electron chi connectivity index (χ0n) is 11.4. The second-order valence-electron chi connectivity index (χ2n) is 4.39. The summed E-state index contributed by atoms with van der Waals surface area (Å²) in [5, 5.41) is 8.26. The van der Waals surface area contributed by atoms with E-state index < -0.39 is 10.0 Å². The average Bonchev–Trinajstić information content (AvgIpc) is 2.84. The smallest absolute Gasteiger partial charge is 0.258 e. The molecule has 0 unspecified atom stereocenters. The molecule has 8 heteroatoms. The number of sulfonamides is 1. The van der Waals surface area contributed by atoms with Gasteiger partial charge in [0.1, 0.15) is 0 Å². The fourth-order valence-electron chi connectivity index (χ4n) is 1.94. The van der Waals surface area contributed by atoms with Crippen LogP contribution in [0, 0.1) is 13.8 Å². The van der Waals surface area contributed by atoms with Crippen LogP contribution >= 0.6 is 0 Å². The molecule has 0 spiro atoms. The molecular formula is C11H17N5O2S. The molecule has 7 nitrogen and oxygen atoms in total. The first-order valence-corrected chi connectivity index (χ1v) is 7.28. The van der Waals surface area contributed by atoms with Gasteiger partial charge in [0.15, 0.2) is 5.03 Å². The molecular weight excluding hydrogens is 266 g/mol. The standard InChI is InChI=1S/C11H17N5O2S/c1-8-10(9(2)15(3)14-8)7-13-19(17,18)11-5-6-12-16(11)4/h5-6,13H,7H2,1-4H3. The maximum atomic E-state index is 12.1. The largest absolute Gasteiger partial charge is 0.272 e. The van der Waals surface area contributed by atoms with Gasteiger partial charge in [0.25, 0.3) is 10.0 Å². The monoisotopic (exact) mass is 283 g/mol. The highest BCUT2D eigenvalue weighted by molar-refractivity contribution is 7.89. The molecule has 0 amide bonds. The second kappa shape index (κ2) is 4.78. The van der Waals surface area contributed by atoms with E-state index in [-0.39, 0.29) is 11.6 Å². The van der Waals surface area contributed by atoms with Crippen LogP contribution in [0.2, 0.25) is 0 Å². The Morgan fingerprint density at radius 2 is 1.95 bits per heavy atom. The van der Waals surface area contributed by atoms with Gasteiger partial charge in [-0.1, -0.05) is 0 Å². The molecule has 0 aromatic carbocycles. The number of hydrogen-bond donors (Lipinski definition) is 1. The molecule has 0 aliphatic heterocycles. The summed E-state index contributed by atoms with van der Waals surface area (Å²) in [4.78, 5) is 0. The van der Waals surface area contributed by atoms with Crippen molar-refractivity contribution in [3.8, 4) is 0 Å². The minimum atomic E-state index is -3.56. The van der Waals surface area contributed by atoms with Gasteiger partial charge in [-0.3, -0.25) is 9.36 Å². The van der Waals surface area contributed by atoms with Crippen LogP contribution in [-0.2, 0) is 30.7 Å². The lowest BCUT2D eigenvalue weighted by atomic mass is 10.2. The van der Waals surface area contributed by atoms with E-state index in [2.05, 4.69) is 14.9 Å². The summed E-state index contributed by atoms with van der Waals surface area (Å²) in [6, 6.07) is 1.46. The van der Waals surface area contributed by atoms with E-state index in [1.54, 1.807) is 11.7 Å². The molecule has 2 heterocycles. The van der Waals surface area contributed by atoms with Gasteiger partial charge >= 0.3 is 0 Å². The Bertz CT molecular complexity index is 699. The van der Waals surface area contributed by atoms with Crippen molar-refractivity contribution in [2.75, 3.05) is 0 Å². The van der Waals surface area contributed by atoms with Gasteiger partial charge in [-0.2, -0.15) is 10.2 Å². The molecule has 0 aliphatic rings. The van der Waals surface area contributed by atoms with Crippen LogP contribution in [-0.4, -0.2) is 28.0 Å².